The highest BCUT2D eigenvalue weighted by Crippen LogP contribution is 2.20. The minimum absolute atomic E-state index is 0.0848. The van der Waals surface area contributed by atoms with Crippen LogP contribution in [0.25, 0.3) is 0 Å². The van der Waals surface area contributed by atoms with E-state index in [-0.39, 0.29) is 11.4 Å². The van der Waals surface area contributed by atoms with Crippen LogP contribution in [0.5, 0.6) is 0 Å². The molecule has 17 heavy (non-hydrogen) atoms. The van der Waals surface area contributed by atoms with Gasteiger partial charge in [-0.2, -0.15) is 0 Å². The minimum Gasteiger partial charge on any atom is -0.326 e. The molecule has 0 heterocycles. The van der Waals surface area contributed by atoms with Gasteiger partial charge in [0.15, 0.2) is 0 Å². The molecule has 1 rings (SSSR count). The van der Waals surface area contributed by atoms with Crippen LogP contribution in [0.2, 0.25) is 0 Å². The summed E-state index contributed by atoms with van der Waals surface area (Å²) in [5.41, 5.74) is 6.46. The number of amides is 1. The molecule has 0 aromatic heterocycles. The van der Waals surface area contributed by atoms with E-state index < -0.39 is 0 Å². The summed E-state index contributed by atoms with van der Waals surface area (Å²) in [7, 11) is 1.79. The average Bonchev–Trinajstić information content (AvgIpc) is 2.24. The van der Waals surface area contributed by atoms with E-state index in [1.807, 2.05) is 38.1 Å². The summed E-state index contributed by atoms with van der Waals surface area (Å²) in [5, 5.41) is 0. The molecule has 0 saturated heterocycles. The van der Waals surface area contributed by atoms with Crippen LogP contribution in [0.4, 0.5) is 5.69 Å². The first-order chi connectivity index (χ1) is 7.79. The second-order valence-corrected chi connectivity index (χ2v) is 5.84. The van der Waals surface area contributed by atoms with Crippen LogP contribution < -0.4 is 10.6 Å². The molecule has 94 valence electrons. The summed E-state index contributed by atoms with van der Waals surface area (Å²) in [6, 6.07) is 7.68. The van der Waals surface area contributed by atoms with Gasteiger partial charge in [0.05, 0.1) is 0 Å². The molecule has 0 bridgehead atoms. The molecule has 2 N–H and O–H groups in total. The topological polar surface area (TPSA) is 46.3 Å². The van der Waals surface area contributed by atoms with Gasteiger partial charge in [-0.1, -0.05) is 22.0 Å². The van der Waals surface area contributed by atoms with E-state index in [1.165, 1.54) is 0 Å². The van der Waals surface area contributed by atoms with E-state index in [2.05, 4.69) is 15.9 Å². The molecule has 0 atom stereocenters. The van der Waals surface area contributed by atoms with Crippen molar-refractivity contribution in [1.29, 1.82) is 0 Å². The third-order valence-electron chi connectivity index (χ3n) is 2.55. The number of nitrogens with zero attached hydrogens (tertiary/aromatic N) is 1. The molecular weight excluding hydrogens is 280 g/mol. The lowest BCUT2D eigenvalue weighted by Gasteiger charge is -2.21. The zero-order valence-electron chi connectivity index (χ0n) is 10.5. The zero-order valence-corrected chi connectivity index (χ0v) is 12.1. The molecule has 1 amide bonds. The molecule has 4 heteroatoms. The lowest BCUT2D eigenvalue weighted by Crippen LogP contribution is -2.35. The Kier molecular flexibility index (Phi) is 4.71. The largest absolute Gasteiger partial charge is 0.326 e. The van der Waals surface area contributed by atoms with Gasteiger partial charge in [-0.25, -0.2) is 0 Å². The monoisotopic (exact) mass is 298 g/mol. The molecule has 0 saturated carbocycles. The molecule has 1 aromatic rings. The molecule has 0 radical (unpaired) electrons. The Hall–Kier alpha value is -0.870. The van der Waals surface area contributed by atoms with Crippen molar-refractivity contribution in [3.05, 3.63) is 28.7 Å². The summed E-state index contributed by atoms with van der Waals surface area (Å²) in [5.74, 6) is 0.0848. The number of rotatable bonds is 4. The van der Waals surface area contributed by atoms with Gasteiger partial charge in [0.25, 0.3) is 0 Å². The second kappa shape index (κ2) is 5.65. The van der Waals surface area contributed by atoms with Crippen molar-refractivity contribution in [1.82, 2.24) is 0 Å². The van der Waals surface area contributed by atoms with E-state index in [0.717, 1.165) is 10.2 Å². The van der Waals surface area contributed by atoms with Crippen LogP contribution in [-0.4, -0.2) is 18.5 Å². The molecule has 3 nitrogen and oxygen atoms in total. The highest BCUT2D eigenvalue weighted by atomic mass is 79.9. The fraction of sp³-hybridized carbons (Fsp3) is 0.462. The number of halogens is 1. The van der Waals surface area contributed by atoms with Gasteiger partial charge < -0.3 is 10.6 Å². The maximum atomic E-state index is 12.0. The Morgan fingerprint density at radius 2 is 2.12 bits per heavy atom. The van der Waals surface area contributed by atoms with E-state index in [4.69, 9.17) is 5.73 Å². The molecule has 0 aliphatic rings. The van der Waals surface area contributed by atoms with Crippen LogP contribution in [0.1, 0.15) is 26.7 Å². The van der Waals surface area contributed by atoms with Gasteiger partial charge in [0.2, 0.25) is 5.91 Å². The van der Waals surface area contributed by atoms with Gasteiger partial charge in [0, 0.05) is 29.2 Å². The Bertz CT molecular complexity index is 399. The number of carbonyl (C=O) groups excluding carboxylic acids is 1. The lowest BCUT2D eigenvalue weighted by atomic mass is 10.00. The number of anilines is 1. The number of hydrogen-bond acceptors (Lipinski definition) is 2. The third kappa shape index (κ3) is 4.88. The first-order valence-electron chi connectivity index (χ1n) is 5.60. The van der Waals surface area contributed by atoms with Crippen LogP contribution >= 0.6 is 15.9 Å². The normalized spacial score (nSPS) is 11.4. The average molecular weight is 299 g/mol. The standard InChI is InChI=1S/C13H19BrN2O/c1-13(2,15)8-7-12(17)16(3)11-6-4-5-10(14)9-11/h4-6,9H,7-8,15H2,1-3H3. The van der Waals surface area contributed by atoms with Crippen molar-refractivity contribution >= 4 is 27.5 Å². The predicted octanol–water partition coefficient (Wildman–Crippen LogP) is 2.93. The van der Waals surface area contributed by atoms with Gasteiger partial charge in [-0.15, -0.1) is 0 Å². The smallest absolute Gasteiger partial charge is 0.226 e. The Morgan fingerprint density at radius 3 is 2.65 bits per heavy atom. The molecule has 0 unspecified atom stereocenters. The number of nitrogens with two attached hydrogens (primary N) is 1. The summed E-state index contributed by atoms with van der Waals surface area (Å²) >= 11 is 3.39. The molecule has 0 aliphatic carbocycles. The van der Waals surface area contributed by atoms with E-state index in [1.54, 1.807) is 11.9 Å². The minimum atomic E-state index is -0.298. The Morgan fingerprint density at radius 1 is 1.47 bits per heavy atom. The van der Waals surface area contributed by atoms with E-state index in [0.29, 0.717) is 12.8 Å². The zero-order chi connectivity index (χ0) is 13.1. The maximum absolute atomic E-state index is 12.0. The molecular formula is C13H19BrN2O. The molecule has 0 aliphatic heterocycles. The first kappa shape index (κ1) is 14.2. The fourth-order valence-corrected chi connectivity index (χ4v) is 1.81. The summed E-state index contributed by atoms with van der Waals surface area (Å²) < 4.78 is 0.966. The Balaban J connectivity index is 2.64. The third-order valence-corrected chi connectivity index (χ3v) is 3.05. The highest BCUT2D eigenvalue weighted by Gasteiger charge is 2.16. The molecule has 0 spiro atoms. The number of hydrogen-bond donors (Lipinski definition) is 1. The molecule has 0 fully saturated rings. The highest BCUT2D eigenvalue weighted by molar-refractivity contribution is 9.10. The summed E-state index contributed by atoms with van der Waals surface area (Å²) in [4.78, 5) is 13.6. The molecule has 1 aromatic carbocycles. The summed E-state index contributed by atoms with van der Waals surface area (Å²) in [6.07, 6.45) is 1.15. The van der Waals surface area contributed by atoms with Gasteiger partial charge in [-0.3, -0.25) is 4.79 Å². The Labute approximate surface area is 111 Å². The second-order valence-electron chi connectivity index (χ2n) is 4.92. The van der Waals surface area contributed by atoms with Crippen LogP contribution in [-0.2, 0) is 4.79 Å². The van der Waals surface area contributed by atoms with Crippen LogP contribution in [0.3, 0.4) is 0 Å². The fourth-order valence-electron chi connectivity index (χ4n) is 1.43. The van der Waals surface area contributed by atoms with Crippen molar-refractivity contribution in [3.8, 4) is 0 Å². The number of carbonyl (C=O) groups is 1. The van der Waals surface area contributed by atoms with Crippen molar-refractivity contribution in [2.75, 3.05) is 11.9 Å². The van der Waals surface area contributed by atoms with E-state index >= 15 is 0 Å². The van der Waals surface area contributed by atoms with Crippen LogP contribution in [0, 0.1) is 0 Å². The van der Waals surface area contributed by atoms with Crippen molar-refractivity contribution < 1.29 is 4.79 Å². The lowest BCUT2D eigenvalue weighted by molar-refractivity contribution is -0.118. The van der Waals surface area contributed by atoms with E-state index in [9.17, 15) is 4.79 Å². The maximum Gasteiger partial charge on any atom is 0.226 e. The van der Waals surface area contributed by atoms with Gasteiger partial charge >= 0.3 is 0 Å². The quantitative estimate of drug-likeness (QED) is 0.929. The number of benzene rings is 1. The van der Waals surface area contributed by atoms with Crippen molar-refractivity contribution in [2.45, 2.75) is 32.2 Å². The van der Waals surface area contributed by atoms with Gasteiger partial charge in [0.1, 0.15) is 0 Å². The first-order valence-corrected chi connectivity index (χ1v) is 6.40. The SMILES string of the molecule is CN(C(=O)CCC(C)(C)N)c1cccc(Br)c1. The van der Waals surface area contributed by atoms with Crippen molar-refractivity contribution in [2.24, 2.45) is 5.73 Å². The van der Waals surface area contributed by atoms with Crippen molar-refractivity contribution in [3.63, 3.8) is 0 Å². The predicted molar refractivity (Wildman–Crippen MR) is 75.1 cm³/mol. The van der Waals surface area contributed by atoms with Crippen LogP contribution in [0.15, 0.2) is 28.7 Å². The summed E-state index contributed by atoms with van der Waals surface area (Å²) in [6.45, 7) is 3.86. The van der Waals surface area contributed by atoms with Gasteiger partial charge in [-0.05, 0) is 38.5 Å².